The molecule has 0 aliphatic carbocycles. The van der Waals surface area contributed by atoms with Crippen LogP contribution in [0, 0.1) is 5.41 Å². The first kappa shape index (κ1) is 21.2. The molecule has 0 saturated carbocycles. The summed E-state index contributed by atoms with van der Waals surface area (Å²) in [6.07, 6.45) is -3.48. The van der Waals surface area contributed by atoms with Crippen molar-refractivity contribution < 1.29 is 33.6 Å². The molecule has 1 aromatic carbocycles. The molecular weight excluding hydrogens is 364 g/mol. The molecule has 1 aromatic rings. The minimum Gasteiger partial charge on any atom is -0.462 e. The molecule has 2 heterocycles. The first-order valence-electron chi connectivity index (χ1n) is 9.59. The average molecular weight is 394 g/mol. The highest BCUT2D eigenvalue weighted by atomic mass is 16.8. The minimum atomic E-state index is -1.06. The van der Waals surface area contributed by atoms with Crippen LogP contribution < -0.4 is 0 Å². The zero-order valence-electron chi connectivity index (χ0n) is 17.1. The van der Waals surface area contributed by atoms with E-state index in [1.807, 2.05) is 30.3 Å². The molecule has 0 amide bonds. The van der Waals surface area contributed by atoms with Crippen molar-refractivity contribution in [1.82, 2.24) is 0 Å². The zero-order valence-corrected chi connectivity index (χ0v) is 17.1. The maximum atomic E-state index is 12.0. The second-order valence-corrected chi connectivity index (χ2v) is 8.75. The number of benzene rings is 1. The van der Waals surface area contributed by atoms with Gasteiger partial charge in [-0.05, 0) is 40.2 Å². The number of fused-ring (bicyclic) bond motifs is 1. The lowest BCUT2D eigenvalue weighted by molar-refractivity contribution is -0.233. The van der Waals surface area contributed by atoms with E-state index in [0.717, 1.165) is 5.56 Å². The average Bonchev–Trinajstić information content (AvgIpc) is 3.09. The van der Waals surface area contributed by atoms with E-state index < -0.39 is 41.9 Å². The van der Waals surface area contributed by atoms with E-state index in [1.165, 1.54) is 0 Å². The number of carbonyl (C=O) groups is 1. The van der Waals surface area contributed by atoms with Crippen molar-refractivity contribution in [2.45, 2.75) is 77.7 Å². The van der Waals surface area contributed by atoms with Gasteiger partial charge in [-0.15, -0.1) is 0 Å². The van der Waals surface area contributed by atoms with E-state index in [0.29, 0.717) is 6.61 Å². The molecule has 0 bridgehead atoms. The summed E-state index contributed by atoms with van der Waals surface area (Å²) in [5.74, 6) is -1.18. The van der Waals surface area contributed by atoms with Gasteiger partial charge in [-0.25, -0.2) is 0 Å². The lowest BCUT2D eigenvalue weighted by atomic mass is 9.97. The molecule has 5 atom stereocenters. The van der Waals surface area contributed by atoms with Gasteiger partial charge in [0.2, 0.25) is 0 Å². The van der Waals surface area contributed by atoms with Gasteiger partial charge in [0, 0.05) is 0 Å². The number of rotatable bonds is 6. The molecule has 0 aromatic heterocycles. The van der Waals surface area contributed by atoms with E-state index in [-0.39, 0.29) is 12.6 Å². The van der Waals surface area contributed by atoms with Gasteiger partial charge in [0.15, 0.2) is 12.1 Å². The molecule has 0 spiro atoms. The fraction of sp³-hybridized carbons (Fsp3) is 0.667. The highest BCUT2D eigenvalue weighted by Crippen LogP contribution is 2.40. The Kier molecular flexibility index (Phi) is 6.12. The summed E-state index contributed by atoms with van der Waals surface area (Å²) in [5.41, 5.74) is 0.350. The molecular formula is C21H30O7. The first-order chi connectivity index (χ1) is 13.1. The Balaban J connectivity index is 1.67. The van der Waals surface area contributed by atoms with Gasteiger partial charge in [-0.2, -0.15) is 0 Å². The van der Waals surface area contributed by atoms with Crippen LogP contribution in [0.5, 0.6) is 0 Å². The summed E-state index contributed by atoms with van der Waals surface area (Å²) in [5, 5.41) is 10.6. The Morgan fingerprint density at radius 2 is 1.89 bits per heavy atom. The molecule has 3 rings (SSSR count). The number of hydrogen-bond acceptors (Lipinski definition) is 7. The number of ether oxygens (including phenoxy) is 5. The summed E-state index contributed by atoms with van der Waals surface area (Å²) in [4.78, 5) is 12.0. The zero-order chi connectivity index (χ0) is 20.5. The van der Waals surface area contributed by atoms with Crippen LogP contribution in [0.1, 0.15) is 40.2 Å². The predicted molar refractivity (Wildman–Crippen MR) is 100 cm³/mol. The summed E-state index contributed by atoms with van der Waals surface area (Å²) in [6, 6.07) is 9.72. The quantitative estimate of drug-likeness (QED) is 0.742. The maximum Gasteiger partial charge on any atom is 0.311 e. The first-order valence-corrected chi connectivity index (χ1v) is 9.59. The number of aliphatic hydroxyl groups is 1. The van der Waals surface area contributed by atoms with Gasteiger partial charge in [-0.3, -0.25) is 4.79 Å². The second-order valence-electron chi connectivity index (χ2n) is 8.75. The summed E-state index contributed by atoms with van der Waals surface area (Å²) in [6.45, 7) is 9.04. The van der Waals surface area contributed by atoms with Crippen molar-refractivity contribution in [1.29, 1.82) is 0 Å². The summed E-state index contributed by atoms with van der Waals surface area (Å²) >= 11 is 0. The van der Waals surface area contributed by atoms with Crippen molar-refractivity contribution in [2.75, 3.05) is 6.61 Å². The van der Waals surface area contributed by atoms with Crippen LogP contribution in [-0.4, -0.2) is 54.2 Å². The van der Waals surface area contributed by atoms with Crippen molar-refractivity contribution >= 4 is 5.97 Å². The number of aliphatic hydroxyl groups excluding tert-OH is 1. The van der Waals surface area contributed by atoms with E-state index in [1.54, 1.807) is 34.6 Å². The Hall–Kier alpha value is -1.51. The van der Waals surface area contributed by atoms with E-state index in [9.17, 15) is 9.90 Å². The van der Waals surface area contributed by atoms with Gasteiger partial charge in [-0.1, -0.05) is 30.3 Å². The molecule has 1 N–H and O–H groups in total. The third kappa shape index (κ3) is 4.90. The van der Waals surface area contributed by atoms with Gasteiger partial charge in [0.25, 0.3) is 0 Å². The molecule has 7 heteroatoms. The predicted octanol–water partition coefficient (Wildman–Crippen LogP) is 2.40. The molecule has 156 valence electrons. The Labute approximate surface area is 165 Å². The number of hydrogen-bond donors (Lipinski definition) is 1. The van der Waals surface area contributed by atoms with E-state index in [2.05, 4.69) is 0 Å². The molecule has 28 heavy (non-hydrogen) atoms. The van der Waals surface area contributed by atoms with Crippen molar-refractivity contribution in [3.8, 4) is 0 Å². The van der Waals surface area contributed by atoms with Crippen LogP contribution >= 0.6 is 0 Å². The normalized spacial score (nSPS) is 30.1. The number of carbonyl (C=O) groups excluding carboxylic acids is 1. The van der Waals surface area contributed by atoms with Crippen LogP contribution in [-0.2, 0) is 35.1 Å². The Morgan fingerprint density at radius 3 is 2.54 bits per heavy atom. The van der Waals surface area contributed by atoms with Gasteiger partial charge in [0.05, 0.1) is 12.0 Å². The molecule has 2 aliphatic rings. The monoisotopic (exact) mass is 394 g/mol. The largest absolute Gasteiger partial charge is 0.462 e. The minimum absolute atomic E-state index is 0.186. The van der Waals surface area contributed by atoms with Crippen molar-refractivity contribution in [3.63, 3.8) is 0 Å². The fourth-order valence-corrected chi connectivity index (χ4v) is 3.24. The topological polar surface area (TPSA) is 83.5 Å². The molecule has 7 nitrogen and oxygen atoms in total. The van der Waals surface area contributed by atoms with Gasteiger partial charge >= 0.3 is 5.97 Å². The molecule has 2 saturated heterocycles. The lowest BCUT2D eigenvalue weighted by Gasteiger charge is -2.29. The lowest BCUT2D eigenvalue weighted by Crippen LogP contribution is -2.45. The molecule has 2 aliphatic heterocycles. The van der Waals surface area contributed by atoms with Gasteiger partial charge < -0.3 is 28.8 Å². The van der Waals surface area contributed by atoms with E-state index >= 15 is 0 Å². The molecule has 2 fully saturated rings. The number of esters is 1. The third-order valence-corrected chi connectivity index (χ3v) is 4.69. The van der Waals surface area contributed by atoms with Crippen LogP contribution in [0.15, 0.2) is 30.3 Å². The van der Waals surface area contributed by atoms with Crippen LogP contribution in [0.4, 0.5) is 0 Å². The Bertz CT molecular complexity index is 667. The summed E-state index contributed by atoms with van der Waals surface area (Å²) in [7, 11) is 0. The maximum absolute atomic E-state index is 12.0. The summed E-state index contributed by atoms with van der Waals surface area (Å²) < 4.78 is 28.9. The van der Waals surface area contributed by atoms with Crippen LogP contribution in [0.25, 0.3) is 0 Å². The van der Waals surface area contributed by atoms with Crippen LogP contribution in [0.3, 0.4) is 0 Å². The smallest absolute Gasteiger partial charge is 0.311 e. The standard InChI is InChI=1S/C21H30O7/c1-20(2,3)19(23)25-12-14(22)15-16(24-11-13-9-7-6-8-10-13)17-18(26-15)28-21(4,5)27-17/h6-10,14-18,22H,11-12H2,1-5H3/t14?,15-,16?,17?,18-/m1/s1. The fourth-order valence-electron chi connectivity index (χ4n) is 3.24. The van der Waals surface area contributed by atoms with Gasteiger partial charge in [0.1, 0.15) is 31.0 Å². The third-order valence-electron chi connectivity index (χ3n) is 4.69. The SMILES string of the molecule is CC1(C)OC2C(OCc3ccccc3)[C@@H](C(O)COC(=O)C(C)(C)C)O[C@@H]2O1. The van der Waals surface area contributed by atoms with Crippen LogP contribution in [0.2, 0.25) is 0 Å². The molecule has 0 radical (unpaired) electrons. The van der Waals surface area contributed by atoms with E-state index in [4.69, 9.17) is 23.7 Å². The second kappa shape index (κ2) is 8.08. The van der Waals surface area contributed by atoms with Crippen molar-refractivity contribution in [2.24, 2.45) is 5.41 Å². The molecule has 3 unspecified atom stereocenters. The Morgan fingerprint density at radius 1 is 1.21 bits per heavy atom. The highest BCUT2D eigenvalue weighted by Gasteiger charge is 2.57. The highest BCUT2D eigenvalue weighted by molar-refractivity contribution is 5.75. The van der Waals surface area contributed by atoms with Crippen molar-refractivity contribution in [3.05, 3.63) is 35.9 Å².